The normalized spacial score (nSPS) is 11.3. The summed E-state index contributed by atoms with van der Waals surface area (Å²) in [5.74, 6) is 0.0210. The van der Waals surface area contributed by atoms with Gasteiger partial charge in [0.1, 0.15) is 11.3 Å². The van der Waals surface area contributed by atoms with Crippen LogP contribution in [0.4, 0.5) is 10.8 Å². The van der Waals surface area contributed by atoms with Crippen LogP contribution in [-0.4, -0.2) is 26.4 Å². The van der Waals surface area contributed by atoms with Crippen LogP contribution in [0.2, 0.25) is 5.02 Å². The summed E-state index contributed by atoms with van der Waals surface area (Å²) in [4.78, 5) is 17.4. The number of methoxy groups -OCH3 is 1. The molecule has 0 radical (unpaired) electrons. The minimum absolute atomic E-state index is 0.0955. The first-order valence-electron chi connectivity index (χ1n) is 9.00. The van der Waals surface area contributed by atoms with E-state index in [-0.39, 0.29) is 16.1 Å². The molecule has 0 aliphatic rings. The molecule has 0 saturated carbocycles. The average molecular weight is 474 g/mol. The fourth-order valence-electron chi connectivity index (χ4n) is 2.91. The van der Waals surface area contributed by atoms with Crippen molar-refractivity contribution in [3.63, 3.8) is 0 Å². The van der Waals surface area contributed by atoms with Gasteiger partial charge >= 0.3 is 0 Å². The van der Waals surface area contributed by atoms with Crippen LogP contribution in [0.15, 0.2) is 71.6 Å². The molecule has 4 rings (SSSR count). The maximum atomic E-state index is 12.9. The fraction of sp³-hybridized carbons (Fsp3) is 0.0476. The van der Waals surface area contributed by atoms with Crippen LogP contribution in [0, 0.1) is 0 Å². The largest absolute Gasteiger partial charge is 0.494 e. The topological polar surface area (TPSA) is 97.4 Å². The van der Waals surface area contributed by atoms with Crippen molar-refractivity contribution in [1.82, 2.24) is 4.98 Å². The van der Waals surface area contributed by atoms with E-state index in [0.29, 0.717) is 26.1 Å². The van der Waals surface area contributed by atoms with Gasteiger partial charge in [-0.3, -0.25) is 14.8 Å². The predicted octanol–water partition coefficient (Wildman–Crippen LogP) is 5.01. The Morgan fingerprint density at radius 3 is 2.48 bits per heavy atom. The van der Waals surface area contributed by atoms with Crippen LogP contribution < -0.4 is 14.8 Å². The zero-order valence-electron chi connectivity index (χ0n) is 16.1. The zero-order chi connectivity index (χ0) is 22.0. The van der Waals surface area contributed by atoms with E-state index in [9.17, 15) is 13.2 Å². The molecule has 2 N–H and O–H groups in total. The van der Waals surface area contributed by atoms with E-state index < -0.39 is 15.9 Å². The zero-order valence-corrected chi connectivity index (χ0v) is 18.5. The Labute approximate surface area is 187 Å². The summed E-state index contributed by atoms with van der Waals surface area (Å²) < 4.78 is 33.8. The van der Waals surface area contributed by atoms with E-state index in [1.54, 1.807) is 42.5 Å². The number of para-hydroxylation sites is 1. The molecule has 31 heavy (non-hydrogen) atoms. The number of ether oxygens (including phenoxy) is 1. The Balaban J connectivity index is 1.63. The molecule has 0 saturated heterocycles. The molecule has 10 heteroatoms. The number of rotatable bonds is 6. The number of anilines is 2. The van der Waals surface area contributed by atoms with E-state index in [4.69, 9.17) is 16.3 Å². The van der Waals surface area contributed by atoms with Gasteiger partial charge in [-0.1, -0.05) is 53.3 Å². The molecule has 1 amide bonds. The molecule has 4 aromatic rings. The van der Waals surface area contributed by atoms with E-state index in [2.05, 4.69) is 15.0 Å². The first-order valence-corrected chi connectivity index (χ1v) is 11.7. The Bertz CT molecular complexity index is 1370. The number of halogens is 1. The minimum atomic E-state index is -3.85. The number of benzene rings is 3. The van der Waals surface area contributed by atoms with Crippen molar-refractivity contribution >= 4 is 59.9 Å². The molecule has 0 bridgehead atoms. The predicted molar refractivity (Wildman–Crippen MR) is 123 cm³/mol. The smallest absolute Gasteiger partial charge is 0.261 e. The van der Waals surface area contributed by atoms with Crippen LogP contribution in [0.25, 0.3) is 10.2 Å². The third-order valence-corrected chi connectivity index (χ3v) is 7.18. The number of sulfonamides is 1. The number of nitrogens with zero attached hydrogens (tertiary/aromatic N) is 1. The van der Waals surface area contributed by atoms with Crippen molar-refractivity contribution in [1.29, 1.82) is 0 Å². The average Bonchev–Trinajstić information content (AvgIpc) is 3.19. The molecule has 0 atom stereocenters. The fourth-order valence-corrected chi connectivity index (χ4v) is 5.16. The highest BCUT2D eigenvalue weighted by molar-refractivity contribution is 7.92. The van der Waals surface area contributed by atoms with E-state index in [1.165, 1.54) is 42.7 Å². The van der Waals surface area contributed by atoms with Gasteiger partial charge in [0.25, 0.3) is 15.9 Å². The first-order chi connectivity index (χ1) is 14.9. The summed E-state index contributed by atoms with van der Waals surface area (Å²) >= 11 is 7.43. The van der Waals surface area contributed by atoms with Gasteiger partial charge in [0.05, 0.1) is 33.0 Å². The third-order valence-electron chi connectivity index (χ3n) is 4.37. The summed E-state index contributed by atoms with van der Waals surface area (Å²) in [6, 6.07) is 17.7. The standard InChI is InChI=1S/C21H16ClN3O4S2/c1-29-17-12-11-15(22)19-18(17)23-21(30-19)24-20(26)14-9-5-6-10-16(14)25-31(27,28)13-7-3-2-4-8-13/h2-12,25H,1H3,(H,23,24,26). The van der Waals surface area contributed by atoms with E-state index in [1.807, 2.05) is 0 Å². The second kappa shape index (κ2) is 8.54. The number of thiazole rings is 1. The number of fused-ring (bicyclic) bond motifs is 1. The van der Waals surface area contributed by atoms with Gasteiger partial charge in [-0.15, -0.1) is 0 Å². The molecule has 0 unspecified atom stereocenters. The molecule has 0 aliphatic heterocycles. The lowest BCUT2D eigenvalue weighted by Crippen LogP contribution is -2.18. The number of hydrogen-bond acceptors (Lipinski definition) is 6. The highest BCUT2D eigenvalue weighted by atomic mass is 35.5. The summed E-state index contributed by atoms with van der Waals surface area (Å²) in [6.07, 6.45) is 0. The van der Waals surface area contributed by atoms with Crippen molar-refractivity contribution in [3.8, 4) is 5.75 Å². The second-order valence-electron chi connectivity index (χ2n) is 6.36. The Morgan fingerprint density at radius 2 is 1.74 bits per heavy atom. The molecule has 158 valence electrons. The minimum Gasteiger partial charge on any atom is -0.494 e. The van der Waals surface area contributed by atoms with Gasteiger partial charge in [-0.05, 0) is 36.4 Å². The van der Waals surface area contributed by atoms with Crippen LogP contribution >= 0.6 is 22.9 Å². The van der Waals surface area contributed by atoms with Gasteiger partial charge in [-0.25, -0.2) is 13.4 Å². The molecular formula is C21H16ClN3O4S2. The van der Waals surface area contributed by atoms with Crippen molar-refractivity contribution in [2.24, 2.45) is 0 Å². The Kier molecular flexibility index (Phi) is 5.81. The van der Waals surface area contributed by atoms with E-state index in [0.717, 1.165) is 0 Å². The number of carbonyl (C=O) groups excluding carboxylic acids is 1. The third kappa shape index (κ3) is 4.34. The van der Waals surface area contributed by atoms with Crippen LogP contribution in [-0.2, 0) is 10.0 Å². The number of carbonyl (C=O) groups is 1. The van der Waals surface area contributed by atoms with Crippen molar-refractivity contribution in [2.75, 3.05) is 17.1 Å². The lowest BCUT2D eigenvalue weighted by atomic mass is 10.2. The molecule has 7 nitrogen and oxygen atoms in total. The van der Waals surface area contributed by atoms with Gasteiger partial charge in [-0.2, -0.15) is 0 Å². The summed E-state index contributed by atoms with van der Waals surface area (Å²) in [6.45, 7) is 0. The maximum absolute atomic E-state index is 12.9. The molecule has 0 spiro atoms. The molecule has 1 heterocycles. The Hall–Kier alpha value is -3.14. The van der Waals surface area contributed by atoms with Crippen LogP contribution in [0.5, 0.6) is 5.75 Å². The van der Waals surface area contributed by atoms with Gasteiger partial charge < -0.3 is 4.74 Å². The highest BCUT2D eigenvalue weighted by Crippen LogP contribution is 2.37. The maximum Gasteiger partial charge on any atom is 0.261 e. The summed E-state index contributed by atoms with van der Waals surface area (Å²) in [5.41, 5.74) is 0.841. The monoisotopic (exact) mass is 473 g/mol. The number of amides is 1. The highest BCUT2D eigenvalue weighted by Gasteiger charge is 2.20. The molecule has 0 aliphatic carbocycles. The van der Waals surface area contributed by atoms with Gasteiger partial charge in [0, 0.05) is 0 Å². The quantitative estimate of drug-likeness (QED) is 0.410. The Morgan fingerprint density at radius 1 is 1.03 bits per heavy atom. The lowest BCUT2D eigenvalue weighted by Gasteiger charge is -2.12. The van der Waals surface area contributed by atoms with Crippen molar-refractivity contribution < 1.29 is 17.9 Å². The van der Waals surface area contributed by atoms with Crippen molar-refractivity contribution in [3.05, 3.63) is 77.3 Å². The van der Waals surface area contributed by atoms with Crippen LogP contribution in [0.1, 0.15) is 10.4 Å². The number of hydrogen-bond donors (Lipinski definition) is 2. The van der Waals surface area contributed by atoms with Crippen molar-refractivity contribution in [2.45, 2.75) is 4.90 Å². The molecule has 3 aromatic carbocycles. The molecular weight excluding hydrogens is 458 g/mol. The summed E-state index contributed by atoms with van der Waals surface area (Å²) in [7, 11) is -2.33. The number of aromatic nitrogens is 1. The number of nitrogens with one attached hydrogen (secondary N) is 2. The summed E-state index contributed by atoms with van der Waals surface area (Å²) in [5, 5.41) is 3.51. The van der Waals surface area contributed by atoms with E-state index >= 15 is 0 Å². The first kappa shape index (κ1) is 21.1. The van der Waals surface area contributed by atoms with Crippen LogP contribution in [0.3, 0.4) is 0 Å². The second-order valence-corrected chi connectivity index (χ2v) is 9.45. The molecule has 1 aromatic heterocycles. The molecule has 0 fully saturated rings. The van der Waals surface area contributed by atoms with Gasteiger partial charge in [0.2, 0.25) is 0 Å². The SMILES string of the molecule is COc1ccc(Cl)c2sc(NC(=O)c3ccccc3NS(=O)(=O)c3ccccc3)nc12. The van der Waals surface area contributed by atoms with Gasteiger partial charge in [0.15, 0.2) is 5.13 Å². The lowest BCUT2D eigenvalue weighted by molar-refractivity contribution is 0.102.